The van der Waals surface area contributed by atoms with Crippen LogP contribution in [0.15, 0.2) is 78.9 Å². The van der Waals surface area contributed by atoms with Gasteiger partial charge in [-0.05, 0) is 97.6 Å². The molecule has 0 aromatic heterocycles. The molecule has 4 fully saturated rings. The van der Waals surface area contributed by atoms with E-state index in [0.29, 0.717) is 24.0 Å². The Balaban J connectivity index is 1.26. The number of ketones is 2. The van der Waals surface area contributed by atoms with E-state index in [9.17, 15) is 40.2 Å². The van der Waals surface area contributed by atoms with Crippen LogP contribution in [-0.4, -0.2) is 123 Å². The minimum atomic E-state index is -2.24. The van der Waals surface area contributed by atoms with E-state index < -0.39 is 78.0 Å². The summed E-state index contributed by atoms with van der Waals surface area (Å²) in [6.07, 6.45) is 7.22. The Labute approximate surface area is 372 Å². The number of carboxylic acid groups (broad SMARTS) is 1. The van der Waals surface area contributed by atoms with Crippen LogP contribution in [0.5, 0.6) is 23.0 Å². The number of aliphatic hydroxyl groups is 2. The van der Waals surface area contributed by atoms with Crippen LogP contribution in [0.25, 0.3) is 12.2 Å². The summed E-state index contributed by atoms with van der Waals surface area (Å²) in [5.74, 6) is -5.61. The molecule has 2 saturated carbocycles. The fourth-order valence-electron chi connectivity index (χ4n) is 10.3. The van der Waals surface area contributed by atoms with Crippen LogP contribution < -0.4 is 15.8 Å². The molecule has 0 amide bonds. The largest absolute Gasteiger partial charge is 0.504 e. The molecule has 2 heterocycles. The number of ether oxygens (including phenoxy) is 4. The standard InChI is InChI=1S/C49H60N2O13/c50-20-21-61-42-18-14-32(23-40(42)56)12-16-37(53)29-63-48(46(59)60)26-41(57)45-49(30-51-36-8-4-5-9-36)43(48)24-35(27-52)47(64-49,44(58)19-15-33-13-17-38(54)39(55)22-33)25-34(28-62-45)11-10-31-6-2-1-3-7-31/h1-3,6-7,12-19,22-23,34-36,41,43,45,51-52,54-57H,4-5,8-11,20-21,24-30,50H2,(H,59,60). The maximum absolute atomic E-state index is 15.1. The third-order valence-corrected chi connectivity index (χ3v) is 13.6. The second-order valence-electron chi connectivity index (χ2n) is 17.7. The van der Waals surface area contributed by atoms with Crippen LogP contribution in [-0.2, 0) is 35.0 Å². The van der Waals surface area contributed by atoms with Crippen molar-refractivity contribution in [2.75, 3.05) is 39.5 Å². The number of hydrogen-bond acceptors (Lipinski definition) is 14. The van der Waals surface area contributed by atoms with E-state index in [-0.39, 0.29) is 74.1 Å². The van der Waals surface area contributed by atoms with E-state index in [4.69, 9.17) is 24.7 Å². The summed E-state index contributed by atoms with van der Waals surface area (Å²) in [4.78, 5) is 42.5. The van der Waals surface area contributed by atoms with Gasteiger partial charge in [0, 0.05) is 44.0 Å². The molecular formula is C49H60N2O13. The van der Waals surface area contributed by atoms with Gasteiger partial charge in [0.05, 0.1) is 12.7 Å². The molecule has 8 atom stereocenters. The number of nitrogens with two attached hydrogens (primary N) is 1. The number of phenols is 3. The maximum atomic E-state index is 15.1. The Morgan fingerprint density at radius 3 is 2.31 bits per heavy atom. The number of benzene rings is 3. The smallest absolute Gasteiger partial charge is 0.336 e. The minimum Gasteiger partial charge on any atom is -0.504 e. The molecule has 4 aliphatic rings. The molecule has 3 aromatic rings. The number of carbonyl (C=O) groups is 3. The van der Waals surface area contributed by atoms with Crippen LogP contribution in [0, 0.1) is 17.8 Å². The quantitative estimate of drug-likeness (QED) is 0.0618. The lowest BCUT2D eigenvalue weighted by Gasteiger charge is -2.65. The molecule has 2 aliphatic heterocycles. The van der Waals surface area contributed by atoms with Gasteiger partial charge >= 0.3 is 5.97 Å². The third kappa shape index (κ3) is 9.91. The third-order valence-electron chi connectivity index (χ3n) is 13.6. The topological polar surface area (TPSA) is 248 Å². The van der Waals surface area contributed by atoms with Gasteiger partial charge in [-0.1, -0.05) is 67.5 Å². The molecule has 7 rings (SSSR count). The summed E-state index contributed by atoms with van der Waals surface area (Å²) < 4.78 is 25.8. The Morgan fingerprint density at radius 2 is 1.62 bits per heavy atom. The first-order valence-corrected chi connectivity index (χ1v) is 22.2. The lowest BCUT2D eigenvalue weighted by Crippen LogP contribution is -2.80. The number of rotatable bonds is 19. The number of aromatic hydroxyl groups is 3. The predicted octanol–water partition coefficient (Wildman–Crippen LogP) is 4.30. The van der Waals surface area contributed by atoms with Crippen molar-refractivity contribution in [2.24, 2.45) is 23.5 Å². The molecule has 0 radical (unpaired) electrons. The first kappa shape index (κ1) is 46.9. The number of phenolic OH excluding ortho intramolecular Hbond substituents is 3. The van der Waals surface area contributed by atoms with Crippen molar-refractivity contribution < 1.29 is 64.0 Å². The van der Waals surface area contributed by atoms with E-state index >= 15 is 4.79 Å². The van der Waals surface area contributed by atoms with Crippen LogP contribution in [0.1, 0.15) is 68.1 Å². The van der Waals surface area contributed by atoms with Crippen molar-refractivity contribution in [1.82, 2.24) is 5.32 Å². The molecule has 2 bridgehead atoms. The first-order chi connectivity index (χ1) is 30.8. The van der Waals surface area contributed by atoms with Gasteiger partial charge in [0.1, 0.15) is 30.5 Å². The fourth-order valence-corrected chi connectivity index (χ4v) is 10.3. The van der Waals surface area contributed by atoms with Crippen molar-refractivity contribution in [1.29, 1.82) is 0 Å². The highest BCUT2D eigenvalue weighted by Gasteiger charge is 2.73. The number of hydrogen-bond donors (Lipinski definition) is 8. The monoisotopic (exact) mass is 884 g/mol. The zero-order chi connectivity index (χ0) is 45.5. The van der Waals surface area contributed by atoms with E-state index in [0.717, 1.165) is 31.2 Å². The highest BCUT2D eigenvalue weighted by atomic mass is 16.6. The molecular weight excluding hydrogens is 825 g/mol. The van der Waals surface area contributed by atoms with Crippen LogP contribution in [0.4, 0.5) is 0 Å². The van der Waals surface area contributed by atoms with Crippen molar-refractivity contribution in [3.8, 4) is 23.0 Å². The van der Waals surface area contributed by atoms with Gasteiger partial charge in [-0.2, -0.15) is 0 Å². The van der Waals surface area contributed by atoms with Gasteiger partial charge in [-0.15, -0.1) is 0 Å². The van der Waals surface area contributed by atoms with Gasteiger partial charge in [-0.3, -0.25) is 9.59 Å². The molecule has 344 valence electrons. The molecule has 0 spiro atoms. The lowest BCUT2D eigenvalue weighted by atomic mass is 9.55. The predicted molar refractivity (Wildman–Crippen MR) is 236 cm³/mol. The molecule has 64 heavy (non-hydrogen) atoms. The average molecular weight is 885 g/mol. The number of nitrogens with one attached hydrogen (secondary N) is 1. The highest BCUT2D eigenvalue weighted by molar-refractivity contribution is 6.01. The van der Waals surface area contributed by atoms with Gasteiger partial charge in [0.15, 0.2) is 40.2 Å². The van der Waals surface area contributed by atoms with E-state index in [2.05, 4.69) is 5.32 Å². The summed E-state index contributed by atoms with van der Waals surface area (Å²) >= 11 is 0. The Morgan fingerprint density at radius 1 is 0.906 bits per heavy atom. The van der Waals surface area contributed by atoms with Gasteiger partial charge in [0.25, 0.3) is 0 Å². The van der Waals surface area contributed by atoms with Gasteiger partial charge < -0.3 is 60.6 Å². The Hall–Kier alpha value is -5.13. The average Bonchev–Trinajstić information content (AvgIpc) is 3.81. The SMILES string of the molecule is NCCOc1ccc(C=CC(=O)COC2(C(=O)O)CC(O)C3OCC(CCc4ccccc4)CC4(C(=O)C=Cc5ccc(O)c(O)c5)OC3(CNC3CCCC3)C2CC4CO)cc1O. The van der Waals surface area contributed by atoms with Crippen LogP contribution in [0.2, 0.25) is 0 Å². The molecule has 3 aromatic carbocycles. The van der Waals surface area contributed by atoms with Crippen molar-refractivity contribution in [2.45, 2.75) is 92.8 Å². The zero-order valence-electron chi connectivity index (χ0n) is 35.8. The Kier molecular flexibility index (Phi) is 14.9. The molecule has 2 saturated heterocycles. The fraction of sp³-hybridized carbons (Fsp3) is 0.490. The summed E-state index contributed by atoms with van der Waals surface area (Å²) in [5, 5.41) is 69.0. The molecule has 15 heteroatoms. The van der Waals surface area contributed by atoms with Crippen molar-refractivity contribution in [3.05, 3.63) is 95.6 Å². The zero-order valence-corrected chi connectivity index (χ0v) is 35.8. The second-order valence-corrected chi connectivity index (χ2v) is 17.7. The Bertz CT molecular complexity index is 2180. The number of aliphatic hydroxyl groups excluding tert-OH is 2. The van der Waals surface area contributed by atoms with E-state index in [1.54, 1.807) is 6.07 Å². The number of fused-ring (bicyclic) bond motifs is 1. The second kappa shape index (κ2) is 20.4. The first-order valence-electron chi connectivity index (χ1n) is 22.2. The van der Waals surface area contributed by atoms with Crippen molar-refractivity contribution >= 4 is 29.7 Å². The normalized spacial score (nSPS) is 29.4. The molecule has 15 nitrogen and oxygen atoms in total. The van der Waals surface area contributed by atoms with Crippen LogP contribution in [0.3, 0.4) is 0 Å². The molecule has 9 N–H and O–H groups in total. The summed E-state index contributed by atoms with van der Waals surface area (Å²) in [6.45, 7) is -0.746. The lowest BCUT2D eigenvalue weighted by molar-refractivity contribution is -0.345. The van der Waals surface area contributed by atoms with Crippen molar-refractivity contribution in [3.63, 3.8) is 0 Å². The molecule has 2 aliphatic carbocycles. The minimum absolute atomic E-state index is 0.0256. The summed E-state index contributed by atoms with van der Waals surface area (Å²) in [7, 11) is 0. The van der Waals surface area contributed by atoms with Gasteiger partial charge in [0.2, 0.25) is 0 Å². The van der Waals surface area contributed by atoms with E-state index in [1.807, 2.05) is 30.3 Å². The van der Waals surface area contributed by atoms with E-state index in [1.165, 1.54) is 54.6 Å². The number of aryl methyl sites for hydroxylation is 1. The maximum Gasteiger partial charge on any atom is 0.336 e. The number of aliphatic carboxylic acids is 1. The highest BCUT2D eigenvalue weighted by Crippen LogP contribution is 2.58. The van der Waals surface area contributed by atoms with Gasteiger partial charge in [-0.25, -0.2) is 4.79 Å². The number of carbonyl (C=O) groups excluding carboxylic acids is 2. The summed E-state index contributed by atoms with van der Waals surface area (Å²) in [6, 6.07) is 18.6. The van der Waals surface area contributed by atoms with Crippen LogP contribution >= 0.6 is 0 Å². The number of carboxylic acids is 1. The summed E-state index contributed by atoms with van der Waals surface area (Å²) in [5.41, 5.74) is 1.73. The molecule has 8 unspecified atom stereocenters.